The summed E-state index contributed by atoms with van der Waals surface area (Å²) in [6.45, 7) is -0.655. The maximum absolute atomic E-state index is 13.8. The van der Waals surface area contributed by atoms with E-state index in [0.717, 1.165) is 25.0 Å². The molecule has 0 atom stereocenters. The van der Waals surface area contributed by atoms with E-state index in [-0.39, 0.29) is 48.1 Å². The zero-order valence-electron chi connectivity index (χ0n) is 18.4. The zero-order valence-corrected chi connectivity index (χ0v) is 18.4. The Morgan fingerprint density at radius 2 is 1.91 bits per heavy atom. The highest BCUT2D eigenvalue weighted by Gasteiger charge is 2.29. The first kappa shape index (κ1) is 22.6. The Balaban J connectivity index is 1.31. The monoisotopic (exact) mass is 482 g/mol. The minimum atomic E-state index is -0.919. The molecular weight excluding hydrogens is 462 g/mol. The van der Waals surface area contributed by atoms with Gasteiger partial charge in [-0.1, -0.05) is 0 Å². The molecule has 10 heteroatoms. The van der Waals surface area contributed by atoms with Crippen molar-refractivity contribution >= 4 is 23.3 Å². The Bertz CT molecular complexity index is 1320. The van der Waals surface area contributed by atoms with Gasteiger partial charge in [-0.25, -0.2) is 8.78 Å². The summed E-state index contributed by atoms with van der Waals surface area (Å²) in [4.78, 5) is 38.9. The number of rotatable bonds is 8. The summed E-state index contributed by atoms with van der Waals surface area (Å²) in [6, 6.07) is 10.7. The van der Waals surface area contributed by atoms with Gasteiger partial charge in [-0.15, -0.1) is 0 Å². The molecule has 0 unspecified atom stereocenters. The van der Waals surface area contributed by atoms with Crippen molar-refractivity contribution in [3.8, 4) is 11.5 Å². The highest BCUT2D eigenvalue weighted by atomic mass is 19.1. The quantitative estimate of drug-likeness (QED) is 0.493. The van der Waals surface area contributed by atoms with Gasteiger partial charge in [-0.05, 0) is 55.3 Å². The fraction of sp³-hybridized carbons (Fsp3) is 0.240. The molecule has 8 nitrogen and oxygen atoms in total. The van der Waals surface area contributed by atoms with Crippen molar-refractivity contribution in [3.63, 3.8) is 0 Å². The number of ether oxygens (including phenoxy) is 2. The van der Waals surface area contributed by atoms with Crippen molar-refractivity contribution in [2.75, 3.05) is 18.1 Å². The number of furan rings is 1. The molecule has 1 aliphatic heterocycles. The number of amides is 2. The molecule has 180 valence electrons. The number of carbonyl (C=O) groups excluding carboxylic acids is 3. The summed E-state index contributed by atoms with van der Waals surface area (Å²) in [5.41, 5.74) is 0.555. The molecule has 0 radical (unpaired) electrons. The van der Waals surface area contributed by atoms with Gasteiger partial charge >= 0.3 is 0 Å². The molecule has 3 aromatic rings. The van der Waals surface area contributed by atoms with Crippen LogP contribution in [0.3, 0.4) is 0 Å². The van der Waals surface area contributed by atoms with Crippen LogP contribution >= 0.6 is 0 Å². The van der Waals surface area contributed by atoms with Crippen LogP contribution in [0.4, 0.5) is 14.5 Å². The Kier molecular flexibility index (Phi) is 5.94. The summed E-state index contributed by atoms with van der Waals surface area (Å²) in [5.74, 6) is -2.13. The third-order valence-corrected chi connectivity index (χ3v) is 5.59. The minimum absolute atomic E-state index is 0.0286. The van der Waals surface area contributed by atoms with Gasteiger partial charge in [0.25, 0.3) is 11.8 Å². The lowest BCUT2D eigenvalue weighted by Gasteiger charge is -2.29. The number of Topliss-reactive ketones (excluding diaryl/α,β-unsaturated/α-hetero) is 1. The largest absolute Gasteiger partial charge is 0.482 e. The molecule has 0 spiro atoms. The maximum atomic E-state index is 13.8. The van der Waals surface area contributed by atoms with Crippen LogP contribution in [0.5, 0.6) is 11.5 Å². The number of nitrogens with one attached hydrogen (secondary N) is 1. The predicted octanol–water partition coefficient (Wildman–Crippen LogP) is 3.64. The molecule has 2 amide bonds. The standard InChI is InChI=1S/C25H20F2N2O6/c26-15-2-7-21(18(27)10-15)33-12-20(30)14-1-6-22-19(9-14)29(24(31)13-34-22)11-17-5-8-23(35-17)25(32)28-16-3-4-16/h1-2,5-10,16H,3-4,11-13H2,(H,28,32). The number of ketones is 1. The number of halogens is 2. The number of carbonyl (C=O) groups is 3. The number of fused-ring (bicyclic) bond motifs is 1. The highest BCUT2D eigenvalue weighted by molar-refractivity contribution is 6.02. The third kappa shape index (κ3) is 5.01. The first-order valence-corrected chi connectivity index (χ1v) is 11.0. The molecule has 2 aromatic carbocycles. The first-order chi connectivity index (χ1) is 16.9. The average Bonchev–Trinajstić information content (AvgIpc) is 3.53. The summed E-state index contributed by atoms with van der Waals surface area (Å²) in [6.07, 6.45) is 1.90. The summed E-state index contributed by atoms with van der Waals surface area (Å²) in [5, 5.41) is 2.84. The molecule has 2 aliphatic rings. The second kappa shape index (κ2) is 9.21. The average molecular weight is 482 g/mol. The number of benzene rings is 2. The first-order valence-electron chi connectivity index (χ1n) is 11.0. The zero-order chi connectivity index (χ0) is 24.5. The molecule has 1 N–H and O–H groups in total. The van der Waals surface area contributed by atoms with Crippen molar-refractivity contribution in [3.05, 3.63) is 77.2 Å². The number of hydrogen-bond acceptors (Lipinski definition) is 6. The summed E-state index contributed by atoms with van der Waals surface area (Å²) >= 11 is 0. The normalized spacial score (nSPS) is 14.8. The van der Waals surface area contributed by atoms with E-state index in [9.17, 15) is 23.2 Å². The van der Waals surface area contributed by atoms with E-state index < -0.39 is 24.0 Å². The second-order valence-corrected chi connectivity index (χ2v) is 8.25. The van der Waals surface area contributed by atoms with E-state index in [2.05, 4.69) is 5.32 Å². The molecule has 5 rings (SSSR count). The van der Waals surface area contributed by atoms with Crippen LogP contribution < -0.4 is 19.7 Å². The lowest BCUT2D eigenvalue weighted by molar-refractivity contribution is -0.121. The van der Waals surface area contributed by atoms with E-state index in [0.29, 0.717) is 23.3 Å². The number of nitrogens with zero attached hydrogens (tertiary/aromatic N) is 1. The minimum Gasteiger partial charge on any atom is -0.482 e. The third-order valence-electron chi connectivity index (χ3n) is 5.59. The highest BCUT2D eigenvalue weighted by Crippen LogP contribution is 2.34. The van der Waals surface area contributed by atoms with Crippen LogP contribution in [-0.2, 0) is 11.3 Å². The van der Waals surface area contributed by atoms with Gasteiger partial charge in [0, 0.05) is 17.7 Å². The fourth-order valence-corrected chi connectivity index (χ4v) is 3.59. The van der Waals surface area contributed by atoms with E-state index in [1.54, 1.807) is 18.2 Å². The van der Waals surface area contributed by atoms with Crippen LogP contribution in [0.2, 0.25) is 0 Å². The van der Waals surface area contributed by atoms with Gasteiger partial charge in [0.15, 0.2) is 36.3 Å². The van der Waals surface area contributed by atoms with Gasteiger partial charge in [0.2, 0.25) is 0 Å². The van der Waals surface area contributed by atoms with Crippen molar-refractivity contribution < 1.29 is 37.1 Å². The van der Waals surface area contributed by atoms with Gasteiger partial charge in [0.1, 0.15) is 17.3 Å². The molecule has 1 fully saturated rings. The molecular formula is C25H20F2N2O6. The molecule has 0 saturated heterocycles. The van der Waals surface area contributed by atoms with E-state index >= 15 is 0 Å². The van der Waals surface area contributed by atoms with Crippen molar-refractivity contribution in [2.45, 2.75) is 25.4 Å². The van der Waals surface area contributed by atoms with Crippen molar-refractivity contribution in [1.82, 2.24) is 5.32 Å². The van der Waals surface area contributed by atoms with Crippen LogP contribution in [0, 0.1) is 11.6 Å². The number of anilines is 1. The van der Waals surface area contributed by atoms with Crippen LogP contribution in [0.1, 0.15) is 39.5 Å². The van der Waals surface area contributed by atoms with E-state index in [1.165, 1.54) is 17.0 Å². The predicted molar refractivity (Wildman–Crippen MR) is 119 cm³/mol. The van der Waals surface area contributed by atoms with E-state index in [1.807, 2.05) is 0 Å². The summed E-state index contributed by atoms with van der Waals surface area (Å²) in [7, 11) is 0. The Hall–Kier alpha value is -4.21. The van der Waals surface area contributed by atoms with Crippen LogP contribution in [0.25, 0.3) is 0 Å². The van der Waals surface area contributed by atoms with Crippen LogP contribution in [0.15, 0.2) is 52.9 Å². The SMILES string of the molecule is O=C(COc1ccc(F)cc1F)c1ccc2c(c1)N(Cc1ccc(C(=O)NC3CC3)o1)C(=O)CO2. The Labute approximate surface area is 198 Å². The molecule has 0 bridgehead atoms. The van der Waals surface area contributed by atoms with Gasteiger partial charge in [-0.3, -0.25) is 19.3 Å². The molecule has 1 aromatic heterocycles. The second-order valence-electron chi connectivity index (χ2n) is 8.25. The Morgan fingerprint density at radius 3 is 2.69 bits per heavy atom. The van der Waals surface area contributed by atoms with Crippen LogP contribution in [-0.4, -0.2) is 36.9 Å². The molecule has 35 heavy (non-hydrogen) atoms. The van der Waals surface area contributed by atoms with Gasteiger partial charge in [0.05, 0.1) is 12.2 Å². The maximum Gasteiger partial charge on any atom is 0.287 e. The lowest BCUT2D eigenvalue weighted by atomic mass is 10.1. The number of hydrogen-bond donors (Lipinski definition) is 1. The molecule has 1 aliphatic carbocycles. The van der Waals surface area contributed by atoms with Crippen molar-refractivity contribution in [1.29, 1.82) is 0 Å². The molecule has 1 saturated carbocycles. The Morgan fingerprint density at radius 1 is 1.09 bits per heavy atom. The van der Waals surface area contributed by atoms with Gasteiger partial charge < -0.3 is 19.2 Å². The van der Waals surface area contributed by atoms with Crippen molar-refractivity contribution in [2.24, 2.45) is 0 Å². The smallest absolute Gasteiger partial charge is 0.287 e. The summed E-state index contributed by atoms with van der Waals surface area (Å²) < 4.78 is 43.1. The van der Waals surface area contributed by atoms with E-state index in [4.69, 9.17) is 13.9 Å². The topological polar surface area (TPSA) is 98.1 Å². The van der Waals surface area contributed by atoms with Gasteiger partial charge in [-0.2, -0.15) is 0 Å². The fourth-order valence-electron chi connectivity index (χ4n) is 3.59. The molecule has 2 heterocycles. The lowest BCUT2D eigenvalue weighted by Crippen LogP contribution is -2.38.